The Balaban J connectivity index is 1.60. The Morgan fingerprint density at radius 1 is 1.23 bits per heavy atom. The van der Waals surface area contributed by atoms with Crippen LogP contribution in [0, 0.1) is 0 Å². The van der Waals surface area contributed by atoms with E-state index in [4.69, 9.17) is 0 Å². The zero-order chi connectivity index (χ0) is 18.8. The van der Waals surface area contributed by atoms with Crippen molar-refractivity contribution in [2.45, 2.75) is 24.9 Å². The van der Waals surface area contributed by atoms with Crippen molar-refractivity contribution in [2.75, 3.05) is 27.2 Å². The van der Waals surface area contributed by atoms with Gasteiger partial charge in [-0.05, 0) is 40.9 Å². The highest BCUT2D eigenvalue weighted by atomic mass is 79.9. The molecule has 0 radical (unpaired) electrons. The number of rotatable bonds is 3. The highest BCUT2D eigenvalue weighted by molar-refractivity contribution is 9.10. The van der Waals surface area contributed by atoms with E-state index in [2.05, 4.69) is 26.1 Å². The van der Waals surface area contributed by atoms with Crippen LogP contribution in [0.15, 0.2) is 28.7 Å². The fourth-order valence-electron chi connectivity index (χ4n) is 3.35. The van der Waals surface area contributed by atoms with Crippen LogP contribution in [0.25, 0.3) is 0 Å². The number of urea groups is 1. The molecule has 1 saturated heterocycles. The lowest BCUT2D eigenvalue weighted by molar-refractivity contribution is -0.401. The number of piperidine rings is 1. The molecule has 2 heterocycles. The average molecular weight is 422 g/mol. The minimum absolute atomic E-state index is 0.0710. The van der Waals surface area contributed by atoms with Crippen LogP contribution in [-0.4, -0.2) is 77.7 Å². The molecule has 1 aromatic rings. The quantitative estimate of drug-likeness (QED) is 0.746. The summed E-state index contributed by atoms with van der Waals surface area (Å²) in [4.78, 5) is 39.9. The predicted octanol–water partition coefficient (Wildman–Crippen LogP) is 1.32. The van der Waals surface area contributed by atoms with Gasteiger partial charge in [0.2, 0.25) is 0 Å². The molecule has 0 aromatic heterocycles. The Morgan fingerprint density at radius 3 is 2.54 bits per heavy atom. The molecule has 0 saturated carbocycles. The number of amides is 4. The molecule has 2 aliphatic heterocycles. The van der Waals surface area contributed by atoms with Gasteiger partial charge in [0.25, 0.3) is 5.91 Å². The summed E-state index contributed by atoms with van der Waals surface area (Å²) in [5.41, 5.74) is 0.618. The number of likely N-dealkylation sites (N-methyl/N-ethyl adjacent to an activating group) is 1. The lowest BCUT2D eigenvalue weighted by Crippen LogP contribution is -2.59. The molecule has 1 fully saturated rings. The molecular formula is C18H22BrN4O3+. The SMILES string of the molecule is CN1C(=O)C(N2CCC(NC(=O)c3ccccc3Br)CC2)C=[N+](C)C1=O. The number of hydrogen-bond acceptors (Lipinski definition) is 4. The van der Waals surface area contributed by atoms with Crippen molar-refractivity contribution in [3.05, 3.63) is 34.3 Å². The average Bonchev–Trinajstić information content (AvgIpc) is 2.64. The summed E-state index contributed by atoms with van der Waals surface area (Å²) < 4.78 is 2.22. The lowest BCUT2D eigenvalue weighted by Gasteiger charge is -2.36. The monoisotopic (exact) mass is 421 g/mol. The third-order valence-corrected chi connectivity index (χ3v) is 5.61. The van der Waals surface area contributed by atoms with Gasteiger partial charge < -0.3 is 5.32 Å². The second-order valence-corrected chi connectivity index (χ2v) is 7.50. The Labute approximate surface area is 160 Å². The van der Waals surface area contributed by atoms with E-state index >= 15 is 0 Å². The molecule has 4 amide bonds. The Bertz CT molecular complexity index is 771. The topological polar surface area (TPSA) is 72.7 Å². The van der Waals surface area contributed by atoms with E-state index in [1.807, 2.05) is 18.2 Å². The Morgan fingerprint density at radius 2 is 1.88 bits per heavy atom. The zero-order valence-electron chi connectivity index (χ0n) is 14.8. The summed E-state index contributed by atoms with van der Waals surface area (Å²) >= 11 is 3.40. The molecule has 0 bridgehead atoms. The first-order valence-electron chi connectivity index (χ1n) is 8.57. The summed E-state index contributed by atoms with van der Waals surface area (Å²) in [6.45, 7) is 1.37. The van der Waals surface area contributed by atoms with E-state index in [1.54, 1.807) is 19.3 Å². The van der Waals surface area contributed by atoms with E-state index in [1.165, 1.54) is 11.6 Å². The Kier molecular flexibility index (Phi) is 5.52. The fraction of sp³-hybridized carbons (Fsp3) is 0.444. The van der Waals surface area contributed by atoms with Crippen molar-refractivity contribution in [2.24, 2.45) is 0 Å². The highest BCUT2D eigenvalue weighted by Crippen LogP contribution is 2.19. The van der Waals surface area contributed by atoms with Crippen LogP contribution in [0.4, 0.5) is 4.79 Å². The first-order chi connectivity index (χ1) is 12.4. The number of nitrogens with zero attached hydrogens (tertiary/aromatic N) is 3. The van der Waals surface area contributed by atoms with E-state index in [0.29, 0.717) is 18.7 Å². The smallest absolute Gasteiger partial charge is 0.349 e. The number of hydrogen-bond donors (Lipinski definition) is 1. The van der Waals surface area contributed by atoms with Gasteiger partial charge in [-0.3, -0.25) is 9.69 Å². The third kappa shape index (κ3) is 3.71. The summed E-state index contributed by atoms with van der Waals surface area (Å²) in [6, 6.07) is 6.66. The van der Waals surface area contributed by atoms with Crippen molar-refractivity contribution in [1.82, 2.24) is 15.1 Å². The molecule has 1 unspecified atom stereocenters. The first kappa shape index (κ1) is 18.7. The highest BCUT2D eigenvalue weighted by Gasteiger charge is 2.42. The van der Waals surface area contributed by atoms with Crippen molar-refractivity contribution in [1.29, 1.82) is 0 Å². The summed E-state index contributed by atoms with van der Waals surface area (Å²) in [7, 11) is 3.16. The number of nitrogens with one attached hydrogen (secondary N) is 1. The summed E-state index contributed by atoms with van der Waals surface area (Å²) in [5, 5.41) is 3.07. The lowest BCUT2D eigenvalue weighted by atomic mass is 10.0. The maximum absolute atomic E-state index is 12.4. The number of carbonyl (C=O) groups is 3. The summed E-state index contributed by atoms with van der Waals surface area (Å²) in [5.74, 6) is -0.301. The number of likely N-dealkylation sites (tertiary alicyclic amines) is 1. The van der Waals surface area contributed by atoms with Gasteiger partial charge in [-0.1, -0.05) is 12.1 Å². The molecule has 3 rings (SSSR count). The maximum Gasteiger partial charge on any atom is 0.500 e. The first-order valence-corrected chi connectivity index (χ1v) is 9.36. The van der Waals surface area contributed by atoms with Crippen LogP contribution in [0.2, 0.25) is 0 Å². The second-order valence-electron chi connectivity index (χ2n) is 6.65. The van der Waals surface area contributed by atoms with E-state index in [-0.39, 0.29) is 23.9 Å². The molecule has 8 heteroatoms. The van der Waals surface area contributed by atoms with Crippen LogP contribution in [0.3, 0.4) is 0 Å². The fourth-order valence-corrected chi connectivity index (χ4v) is 3.81. The van der Waals surface area contributed by atoms with Crippen LogP contribution >= 0.6 is 15.9 Å². The molecular weight excluding hydrogens is 400 g/mol. The molecule has 7 nitrogen and oxygen atoms in total. The van der Waals surface area contributed by atoms with Gasteiger partial charge in [-0.2, -0.15) is 9.69 Å². The third-order valence-electron chi connectivity index (χ3n) is 4.91. The van der Waals surface area contributed by atoms with Crippen molar-refractivity contribution in [3.63, 3.8) is 0 Å². The number of benzene rings is 1. The van der Waals surface area contributed by atoms with Crippen LogP contribution < -0.4 is 5.32 Å². The zero-order valence-corrected chi connectivity index (χ0v) is 16.4. The van der Waals surface area contributed by atoms with E-state index < -0.39 is 6.04 Å². The minimum atomic E-state index is -0.428. The summed E-state index contributed by atoms with van der Waals surface area (Å²) in [6.07, 6.45) is 3.19. The van der Waals surface area contributed by atoms with E-state index in [9.17, 15) is 14.4 Å². The predicted molar refractivity (Wildman–Crippen MR) is 100 cm³/mol. The number of carbonyl (C=O) groups excluding carboxylic acids is 3. The molecule has 0 spiro atoms. The minimum Gasteiger partial charge on any atom is -0.349 e. The second kappa shape index (κ2) is 7.67. The molecule has 1 atom stereocenters. The number of imide groups is 1. The van der Waals surface area contributed by atoms with Crippen molar-refractivity contribution < 1.29 is 19.0 Å². The van der Waals surface area contributed by atoms with Gasteiger partial charge in [0.15, 0.2) is 6.04 Å². The normalized spacial score (nSPS) is 22.3. The van der Waals surface area contributed by atoms with Crippen LogP contribution in [0.5, 0.6) is 0 Å². The van der Waals surface area contributed by atoms with Gasteiger partial charge >= 0.3 is 11.9 Å². The van der Waals surface area contributed by atoms with Gasteiger partial charge in [-0.25, -0.2) is 9.37 Å². The molecule has 1 N–H and O–H groups in total. The number of halogens is 1. The van der Waals surface area contributed by atoms with Gasteiger partial charge in [0.05, 0.1) is 19.7 Å². The van der Waals surface area contributed by atoms with Crippen molar-refractivity contribution >= 4 is 40.0 Å². The van der Waals surface area contributed by atoms with E-state index in [0.717, 1.165) is 22.2 Å². The molecule has 2 aliphatic rings. The standard InChI is InChI=1S/C18H21BrN4O3/c1-21-11-15(17(25)22(2)18(21)26)23-9-7-12(8-10-23)20-16(24)13-5-3-4-6-14(13)19/h3-6,11-12,15H,7-10H2,1-2H3/p+1. The van der Waals surface area contributed by atoms with Gasteiger partial charge in [0.1, 0.15) is 6.21 Å². The van der Waals surface area contributed by atoms with Gasteiger partial charge in [0, 0.05) is 23.6 Å². The largest absolute Gasteiger partial charge is 0.500 e. The van der Waals surface area contributed by atoms with Gasteiger partial charge in [-0.15, -0.1) is 0 Å². The molecule has 1 aromatic carbocycles. The molecule has 138 valence electrons. The van der Waals surface area contributed by atoms with Crippen molar-refractivity contribution in [3.8, 4) is 0 Å². The molecule has 26 heavy (non-hydrogen) atoms. The van der Waals surface area contributed by atoms with Crippen LogP contribution in [-0.2, 0) is 4.79 Å². The Hall–Kier alpha value is -2.06. The van der Waals surface area contributed by atoms with Crippen LogP contribution in [0.1, 0.15) is 23.2 Å². The maximum atomic E-state index is 12.4. The molecule has 0 aliphatic carbocycles.